The Kier molecular flexibility index (Phi) is 4.95. The number of rotatable bonds is 5. The Balaban J connectivity index is 1.67. The lowest BCUT2D eigenvalue weighted by molar-refractivity contribution is 0.0595. The third-order valence-electron chi connectivity index (χ3n) is 4.76. The maximum atomic E-state index is 14.2. The van der Waals surface area contributed by atoms with Crippen molar-refractivity contribution < 1.29 is 22.8 Å². The largest absolute Gasteiger partial charge is 0.495 e. The molecule has 0 N–H and O–H groups in total. The van der Waals surface area contributed by atoms with Gasteiger partial charge in [0, 0.05) is 38.8 Å². The molecule has 3 rings (SSSR count). The van der Waals surface area contributed by atoms with Crippen LogP contribution >= 0.6 is 0 Å². The van der Waals surface area contributed by atoms with Crippen molar-refractivity contribution in [1.29, 1.82) is 5.26 Å². The minimum absolute atomic E-state index is 0.0985. The molecule has 0 saturated carbocycles. The Labute approximate surface area is 167 Å². The van der Waals surface area contributed by atoms with E-state index in [0.717, 1.165) is 5.56 Å². The summed E-state index contributed by atoms with van der Waals surface area (Å²) in [4.78, 5) is 15.7. The van der Waals surface area contributed by atoms with Crippen LogP contribution in [-0.4, -0.2) is 51.2 Å². The molecule has 2 aromatic carbocycles. The number of carbonyl (C=O) groups excluding carboxylic acids is 1. The van der Waals surface area contributed by atoms with Gasteiger partial charge in [-0.3, -0.25) is 4.90 Å². The highest BCUT2D eigenvalue weighted by Gasteiger charge is 2.21. The van der Waals surface area contributed by atoms with Crippen LogP contribution in [0.3, 0.4) is 0 Å². The molecule has 28 heavy (non-hydrogen) atoms. The summed E-state index contributed by atoms with van der Waals surface area (Å²) in [6.07, 6.45) is 0. The van der Waals surface area contributed by atoms with Gasteiger partial charge in [-0.2, -0.15) is 5.26 Å². The average Bonchev–Trinajstić information content (AvgIpc) is 2.73. The third kappa shape index (κ3) is 4.24. The number of hydrogen-bond donors (Lipinski definition) is 0. The van der Waals surface area contributed by atoms with Crippen molar-refractivity contribution >= 4 is 11.7 Å². The van der Waals surface area contributed by atoms with Crippen molar-refractivity contribution in [2.75, 3.05) is 45.2 Å². The fraction of sp³-hybridized carbons (Fsp3) is 0.333. The summed E-state index contributed by atoms with van der Waals surface area (Å²) in [5, 5.41) is 9.10. The molecule has 146 valence electrons. The van der Waals surface area contributed by atoms with E-state index in [1.807, 2.05) is 11.0 Å². The zero-order chi connectivity index (χ0) is 22.6. The maximum Gasteiger partial charge on any atom is 0.340 e. The van der Waals surface area contributed by atoms with E-state index in [9.17, 15) is 9.18 Å². The highest BCUT2D eigenvalue weighted by molar-refractivity contribution is 5.89. The zero-order valence-corrected chi connectivity index (χ0v) is 15.4. The standard InChI is InChI=1S/C21H22FN3O3/c1-27-20-12-15(13-23)4-6-19(20)25-9-7-24(8-10-25)14-16-3-5-17(18(22)11-16)21(26)28-2/h3-6,11-12H,7-10,14H2,1-2H3/i1D3. The van der Waals surface area contributed by atoms with Crippen molar-refractivity contribution in [3.05, 3.63) is 58.9 Å². The van der Waals surface area contributed by atoms with Gasteiger partial charge >= 0.3 is 5.97 Å². The monoisotopic (exact) mass is 386 g/mol. The summed E-state index contributed by atoms with van der Waals surface area (Å²) in [5.41, 5.74) is 1.57. The molecule has 0 bridgehead atoms. The Morgan fingerprint density at radius 1 is 1.25 bits per heavy atom. The van der Waals surface area contributed by atoms with Crippen LogP contribution in [0.15, 0.2) is 36.4 Å². The van der Waals surface area contributed by atoms with Crippen LogP contribution < -0.4 is 9.64 Å². The third-order valence-corrected chi connectivity index (χ3v) is 4.76. The smallest absolute Gasteiger partial charge is 0.340 e. The van der Waals surface area contributed by atoms with Gasteiger partial charge in [0.05, 0.1) is 41.1 Å². The Morgan fingerprint density at radius 3 is 2.68 bits per heavy atom. The SMILES string of the molecule is [2H]C([2H])([2H])Oc1cc(C#N)ccc1N1CCN(Cc2ccc(C(=O)OC)c(F)c2)CC1. The number of halogens is 1. The summed E-state index contributed by atoms with van der Waals surface area (Å²) in [6.45, 7) is 3.04. The van der Waals surface area contributed by atoms with Gasteiger partial charge in [-0.15, -0.1) is 0 Å². The van der Waals surface area contributed by atoms with Gasteiger partial charge in [-0.1, -0.05) is 6.07 Å². The van der Waals surface area contributed by atoms with Crippen LogP contribution in [0, 0.1) is 17.1 Å². The van der Waals surface area contributed by atoms with Crippen LogP contribution in [0.4, 0.5) is 10.1 Å². The number of esters is 1. The molecule has 0 atom stereocenters. The first-order valence-electron chi connectivity index (χ1n) is 10.3. The van der Waals surface area contributed by atoms with E-state index in [1.54, 1.807) is 18.2 Å². The van der Waals surface area contributed by atoms with Crippen molar-refractivity contribution in [2.24, 2.45) is 0 Å². The summed E-state index contributed by atoms with van der Waals surface area (Å²) in [5.74, 6) is -1.19. The van der Waals surface area contributed by atoms with Gasteiger partial charge in [0.25, 0.3) is 0 Å². The fourth-order valence-electron chi connectivity index (χ4n) is 3.26. The van der Waals surface area contributed by atoms with Crippen molar-refractivity contribution in [2.45, 2.75) is 6.54 Å². The second-order valence-electron chi connectivity index (χ2n) is 6.47. The predicted molar refractivity (Wildman–Crippen MR) is 103 cm³/mol. The lowest BCUT2D eigenvalue weighted by atomic mass is 10.1. The maximum absolute atomic E-state index is 14.2. The molecular formula is C21H22FN3O3. The van der Waals surface area contributed by atoms with E-state index in [0.29, 0.717) is 44.0 Å². The first kappa shape index (κ1) is 15.9. The molecule has 0 spiro atoms. The van der Waals surface area contributed by atoms with Crippen molar-refractivity contribution in [3.63, 3.8) is 0 Å². The van der Waals surface area contributed by atoms with Crippen LogP contribution in [-0.2, 0) is 11.3 Å². The molecule has 6 nitrogen and oxygen atoms in total. The molecule has 2 aromatic rings. The number of carbonyl (C=O) groups is 1. The van der Waals surface area contributed by atoms with Gasteiger partial charge in [0.1, 0.15) is 11.6 Å². The molecule has 1 aliphatic heterocycles. The van der Waals surface area contributed by atoms with E-state index < -0.39 is 18.8 Å². The topological polar surface area (TPSA) is 65.8 Å². The number of benzene rings is 2. The lowest BCUT2D eigenvalue weighted by Gasteiger charge is -2.36. The Hall–Kier alpha value is -3.11. The molecule has 7 heteroatoms. The number of methoxy groups -OCH3 is 2. The number of anilines is 1. The quantitative estimate of drug-likeness (QED) is 0.737. The summed E-state index contributed by atoms with van der Waals surface area (Å²) in [7, 11) is -1.41. The highest BCUT2D eigenvalue weighted by atomic mass is 19.1. The Morgan fingerprint density at radius 2 is 2.04 bits per heavy atom. The van der Waals surface area contributed by atoms with Gasteiger partial charge in [0.15, 0.2) is 0 Å². The highest BCUT2D eigenvalue weighted by Crippen LogP contribution is 2.30. The molecule has 0 aromatic heterocycles. The van der Waals surface area contributed by atoms with E-state index in [1.165, 1.54) is 25.3 Å². The van der Waals surface area contributed by atoms with Crippen LogP contribution in [0.5, 0.6) is 5.75 Å². The van der Waals surface area contributed by atoms with Crippen molar-refractivity contribution in [3.8, 4) is 11.8 Å². The molecule has 1 aliphatic rings. The number of ether oxygens (including phenoxy) is 2. The van der Waals surface area contributed by atoms with E-state index in [2.05, 4.69) is 9.64 Å². The number of hydrogen-bond acceptors (Lipinski definition) is 6. The molecule has 0 unspecified atom stereocenters. The predicted octanol–water partition coefficient (Wildman–Crippen LogP) is 2.81. The van der Waals surface area contributed by atoms with Crippen molar-refractivity contribution in [1.82, 2.24) is 4.90 Å². The van der Waals surface area contributed by atoms with E-state index in [4.69, 9.17) is 14.1 Å². The summed E-state index contributed by atoms with van der Waals surface area (Å²) < 4.78 is 46.0. The normalized spacial score (nSPS) is 16.5. The number of piperazine rings is 1. The van der Waals surface area contributed by atoms with Crippen LogP contribution in [0.25, 0.3) is 0 Å². The molecular weight excluding hydrogens is 361 g/mol. The number of nitriles is 1. The van der Waals surface area contributed by atoms with Crippen LogP contribution in [0.2, 0.25) is 0 Å². The summed E-state index contributed by atoms with van der Waals surface area (Å²) in [6, 6.07) is 11.2. The zero-order valence-electron chi connectivity index (χ0n) is 18.4. The molecule has 1 heterocycles. The second-order valence-corrected chi connectivity index (χ2v) is 6.47. The second kappa shape index (κ2) is 8.72. The van der Waals surface area contributed by atoms with Gasteiger partial charge in [-0.25, -0.2) is 9.18 Å². The molecule has 0 radical (unpaired) electrons. The van der Waals surface area contributed by atoms with Gasteiger partial charge in [0.2, 0.25) is 0 Å². The number of nitrogens with zero attached hydrogens (tertiary/aromatic N) is 3. The average molecular weight is 386 g/mol. The minimum Gasteiger partial charge on any atom is -0.495 e. The van der Waals surface area contributed by atoms with Crippen LogP contribution in [0.1, 0.15) is 25.6 Å². The summed E-state index contributed by atoms with van der Waals surface area (Å²) >= 11 is 0. The fourth-order valence-corrected chi connectivity index (χ4v) is 3.26. The molecule has 1 fully saturated rings. The van der Waals surface area contributed by atoms with Gasteiger partial charge in [-0.05, 0) is 29.8 Å². The molecule has 1 saturated heterocycles. The molecule has 0 amide bonds. The van der Waals surface area contributed by atoms with E-state index >= 15 is 0 Å². The lowest BCUT2D eigenvalue weighted by Crippen LogP contribution is -2.46. The van der Waals surface area contributed by atoms with Gasteiger partial charge < -0.3 is 14.4 Å². The van der Waals surface area contributed by atoms with E-state index in [-0.39, 0.29) is 11.3 Å². The minimum atomic E-state index is -2.62. The Bertz CT molecular complexity index is 1000. The first-order valence-corrected chi connectivity index (χ1v) is 8.77. The first-order chi connectivity index (χ1) is 14.7. The molecule has 0 aliphatic carbocycles.